The second-order valence-corrected chi connectivity index (χ2v) is 7.83. The minimum absolute atomic E-state index is 0.0192. The van der Waals surface area contributed by atoms with Gasteiger partial charge in [0.05, 0.1) is 4.92 Å². The van der Waals surface area contributed by atoms with E-state index in [1.165, 1.54) is 12.1 Å². The van der Waals surface area contributed by atoms with Crippen molar-refractivity contribution in [3.8, 4) is 11.4 Å². The molecule has 0 atom stereocenters. The number of aryl methyl sites for hydroxylation is 1. The number of non-ortho nitro benzene ring substituents is 1. The molecule has 0 saturated carbocycles. The molecular formula is C21H22N6O3S. The van der Waals surface area contributed by atoms with Gasteiger partial charge >= 0.3 is 0 Å². The molecule has 2 heterocycles. The van der Waals surface area contributed by atoms with Crippen molar-refractivity contribution in [1.82, 2.24) is 19.7 Å². The second-order valence-electron chi connectivity index (χ2n) is 7.45. The van der Waals surface area contributed by atoms with E-state index in [1.54, 1.807) is 16.7 Å². The number of anilines is 1. The molecule has 0 unspecified atom stereocenters. The third-order valence-electron chi connectivity index (χ3n) is 5.42. The highest BCUT2D eigenvalue weighted by Crippen LogP contribution is 2.21. The van der Waals surface area contributed by atoms with Crippen molar-refractivity contribution >= 4 is 29.5 Å². The monoisotopic (exact) mass is 438 g/mol. The summed E-state index contributed by atoms with van der Waals surface area (Å²) in [6.45, 7) is 4.59. The topological polar surface area (TPSA) is 100 Å². The van der Waals surface area contributed by atoms with Gasteiger partial charge in [0.1, 0.15) is 6.54 Å². The fourth-order valence-corrected chi connectivity index (χ4v) is 3.82. The molecule has 1 N–H and O–H groups in total. The van der Waals surface area contributed by atoms with E-state index in [2.05, 4.69) is 15.1 Å². The summed E-state index contributed by atoms with van der Waals surface area (Å²) in [5.74, 6) is 0.622. The van der Waals surface area contributed by atoms with Crippen LogP contribution in [0.2, 0.25) is 0 Å². The molecule has 1 aliphatic heterocycles. The van der Waals surface area contributed by atoms with Crippen LogP contribution in [0.4, 0.5) is 11.4 Å². The van der Waals surface area contributed by atoms with Gasteiger partial charge in [0.2, 0.25) is 5.91 Å². The van der Waals surface area contributed by atoms with E-state index in [9.17, 15) is 14.9 Å². The molecule has 0 radical (unpaired) electrons. The summed E-state index contributed by atoms with van der Waals surface area (Å²) >= 11 is 5.35. The number of carbonyl (C=O) groups is 1. The van der Waals surface area contributed by atoms with Crippen LogP contribution in [0.3, 0.4) is 0 Å². The Morgan fingerprint density at radius 3 is 2.35 bits per heavy atom. The van der Waals surface area contributed by atoms with E-state index in [-0.39, 0.29) is 18.1 Å². The van der Waals surface area contributed by atoms with E-state index in [0.717, 1.165) is 16.8 Å². The molecule has 160 valence electrons. The number of piperazine rings is 1. The Hall–Kier alpha value is -3.53. The second kappa shape index (κ2) is 8.68. The molecule has 1 fully saturated rings. The van der Waals surface area contributed by atoms with Crippen molar-refractivity contribution < 1.29 is 9.72 Å². The van der Waals surface area contributed by atoms with Crippen LogP contribution in [0.25, 0.3) is 11.4 Å². The quantitative estimate of drug-likeness (QED) is 0.373. The fraction of sp³-hybridized carbons (Fsp3) is 0.286. The van der Waals surface area contributed by atoms with Gasteiger partial charge in [-0.2, -0.15) is 5.10 Å². The first-order valence-electron chi connectivity index (χ1n) is 9.92. The lowest BCUT2D eigenvalue weighted by Gasteiger charge is -2.36. The maximum absolute atomic E-state index is 12.9. The SMILES string of the molecule is Cc1ccc(-c2n[nH]c(=S)n2CC(=O)N2CCN(c3ccc([N+](=O)[O-])cc3)CC2)cc1. The van der Waals surface area contributed by atoms with E-state index in [4.69, 9.17) is 12.2 Å². The number of nitro benzene ring substituents is 1. The molecule has 1 aliphatic rings. The number of hydrogen-bond acceptors (Lipinski definition) is 6. The molecule has 10 heteroatoms. The lowest BCUT2D eigenvalue weighted by atomic mass is 10.1. The van der Waals surface area contributed by atoms with Crippen LogP contribution in [-0.4, -0.2) is 56.7 Å². The van der Waals surface area contributed by atoms with Crippen molar-refractivity contribution in [2.75, 3.05) is 31.1 Å². The van der Waals surface area contributed by atoms with Crippen LogP contribution in [0.5, 0.6) is 0 Å². The number of carbonyl (C=O) groups excluding carboxylic acids is 1. The zero-order valence-corrected chi connectivity index (χ0v) is 17.8. The molecule has 31 heavy (non-hydrogen) atoms. The normalized spacial score (nSPS) is 14.0. The fourth-order valence-electron chi connectivity index (χ4n) is 3.62. The highest BCUT2D eigenvalue weighted by molar-refractivity contribution is 7.71. The minimum atomic E-state index is -0.411. The van der Waals surface area contributed by atoms with Crippen LogP contribution >= 0.6 is 12.2 Å². The van der Waals surface area contributed by atoms with Gasteiger partial charge in [-0.15, -0.1) is 0 Å². The highest BCUT2D eigenvalue weighted by atomic mass is 32.1. The summed E-state index contributed by atoms with van der Waals surface area (Å²) in [5.41, 5.74) is 3.02. The number of nitrogens with one attached hydrogen (secondary N) is 1. The molecule has 9 nitrogen and oxygen atoms in total. The first-order chi connectivity index (χ1) is 14.9. The van der Waals surface area contributed by atoms with Crippen molar-refractivity contribution in [2.24, 2.45) is 0 Å². The maximum atomic E-state index is 12.9. The number of nitro groups is 1. The van der Waals surface area contributed by atoms with Crippen LogP contribution in [0.1, 0.15) is 5.56 Å². The molecule has 1 aromatic heterocycles. The average Bonchev–Trinajstić information content (AvgIpc) is 3.14. The van der Waals surface area contributed by atoms with E-state index < -0.39 is 4.92 Å². The number of aromatic nitrogens is 3. The van der Waals surface area contributed by atoms with Crippen molar-refractivity contribution in [3.05, 3.63) is 69.0 Å². The zero-order valence-electron chi connectivity index (χ0n) is 17.0. The number of aromatic amines is 1. The van der Waals surface area contributed by atoms with Gasteiger partial charge in [0, 0.05) is 49.6 Å². The number of benzene rings is 2. The number of H-pyrrole nitrogens is 1. The third kappa shape index (κ3) is 4.48. The Kier molecular flexibility index (Phi) is 5.81. The van der Waals surface area contributed by atoms with Gasteiger partial charge < -0.3 is 9.80 Å². The van der Waals surface area contributed by atoms with Gasteiger partial charge in [-0.1, -0.05) is 29.8 Å². The molecule has 3 aromatic rings. The Balaban J connectivity index is 1.41. The van der Waals surface area contributed by atoms with Crippen LogP contribution in [0, 0.1) is 21.8 Å². The molecule has 0 bridgehead atoms. The first kappa shape index (κ1) is 20.7. The largest absolute Gasteiger partial charge is 0.368 e. The number of rotatable bonds is 5. The van der Waals surface area contributed by atoms with Crippen molar-refractivity contribution in [1.29, 1.82) is 0 Å². The Labute approximate surface area is 184 Å². The Morgan fingerprint density at radius 1 is 1.10 bits per heavy atom. The summed E-state index contributed by atoms with van der Waals surface area (Å²) in [4.78, 5) is 27.3. The van der Waals surface area contributed by atoms with E-state index in [1.807, 2.05) is 36.1 Å². The molecule has 2 aromatic carbocycles. The number of amides is 1. The molecule has 4 rings (SSSR count). The molecule has 0 spiro atoms. The lowest BCUT2D eigenvalue weighted by Crippen LogP contribution is -2.49. The Bertz CT molecular complexity index is 1150. The third-order valence-corrected chi connectivity index (χ3v) is 5.73. The predicted octanol–water partition coefficient (Wildman–Crippen LogP) is 3.17. The molecule has 1 amide bonds. The van der Waals surface area contributed by atoms with Crippen molar-refractivity contribution in [3.63, 3.8) is 0 Å². The summed E-state index contributed by atoms with van der Waals surface area (Å²) in [6.07, 6.45) is 0. The van der Waals surface area contributed by atoms with Gasteiger partial charge in [-0.3, -0.25) is 24.6 Å². The van der Waals surface area contributed by atoms with Crippen molar-refractivity contribution in [2.45, 2.75) is 13.5 Å². The molecule has 0 aliphatic carbocycles. The first-order valence-corrected chi connectivity index (χ1v) is 10.3. The average molecular weight is 439 g/mol. The van der Waals surface area contributed by atoms with E-state index >= 15 is 0 Å². The van der Waals surface area contributed by atoms with Gasteiger partial charge in [-0.25, -0.2) is 0 Å². The highest BCUT2D eigenvalue weighted by Gasteiger charge is 2.23. The van der Waals surface area contributed by atoms with Crippen LogP contribution < -0.4 is 4.90 Å². The number of nitrogens with zero attached hydrogens (tertiary/aromatic N) is 5. The minimum Gasteiger partial charge on any atom is -0.368 e. The summed E-state index contributed by atoms with van der Waals surface area (Å²) < 4.78 is 2.14. The van der Waals surface area contributed by atoms with E-state index in [0.29, 0.717) is 36.8 Å². The summed E-state index contributed by atoms with van der Waals surface area (Å²) in [6, 6.07) is 14.4. The smallest absolute Gasteiger partial charge is 0.269 e. The van der Waals surface area contributed by atoms with Gasteiger partial charge in [0.25, 0.3) is 5.69 Å². The molecule has 1 saturated heterocycles. The zero-order chi connectivity index (χ0) is 22.0. The number of hydrogen-bond donors (Lipinski definition) is 1. The maximum Gasteiger partial charge on any atom is 0.269 e. The van der Waals surface area contributed by atoms with Gasteiger partial charge in [-0.05, 0) is 31.3 Å². The predicted molar refractivity (Wildman–Crippen MR) is 119 cm³/mol. The summed E-state index contributed by atoms with van der Waals surface area (Å²) in [7, 11) is 0. The molecular weight excluding hydrogens is 416 g/mol. The standard InChI is InChI=1S/C21H22N6O3S/c1-15-2-4-16(5-3-15)20-22-23-21(31)26(20)14-19(28)25-12-10-24(11-13-25)17-6-8-18(9-7-17)27(29)30/h2-9H,10-14H2,1H3,(H,23,31). The van der Waals surface area contributed by atoms with Gasteiger partial charge in [0.15, 0.2) is 10.6 Å². The summed E-state index contributed by atoms with van der Waals surface area (Å²) in [5, 5.41) is 17.9. The lowest BCUT2D eigenvalue weighted by molar-refractivity contribution is -0.384. The van der Waals surface area contributed by atoms with Crippen LogP contribution in [0.15, 0.2) is 48.5 Å². The Morgan fingerprint density at radius 2 is 1.74 bits per heavy atom. The van der Waals surface area contributed by atoms with Crippen LogP contribution in [-0.2, 0) is 11.3 Å².